The number of carbonyl (C=O) groups is 1. The maximum absolute atomic E-state index is 12.9. The number of rotatable bonds is 2. The minimum absolute atomic E-state index is 0.0743. The van der Waals surface area contributed by atoms with Crippen LogP contribution < -0.4 is 4.90 Å². The molecular formula is C16H20F2N4O. The number of alkyl halides is 2. The van der Waals surface area contributed by atoms with Crippen molar-refractivity contribution >= 4 is 11.7 Å². The molecule has 3 heterocycles. The van der Waals surface area contributed by atoms with E-state index in [1.807, 2.05) is 13.0 Å². The van der Waals surface area contributed by atoms with E-state index in [0.717, 1.165) is 24.6 Å². The summed E-state index contributed by atoms with van der Waals surface area (Å²) in [6.45, 7) is 5.05. The van der Waals surface area contributed by atoms with Gasteiger partial charge >= 0.3 is 0 Å². The van der Waals surface area contributed by atoms with Gasteiger partial charge in [0.2, 0.25) is 11.8 Å². The van der Waals surface area contributed by atoms with Crippen molar-refractivity contribution in [1.29, 1.82) is 0 Å². The second kappa shape index (κ2) is 5.11. The van der Waals surface area contributed by atoms with Crippen LogP contribution in [0, 0.1) is 24.7 Å². The average molecular weight is 322 g/mol. The van der Waals surface area contributed by atoms with Crippen LogP contribution in [0.5, 0.6) is 0 Å². The monoisotopic (exact) mass is 322 g/mol. The summed E-state index contributed by atoms with van der Waals surface area (Å²) in [5.41, 5.74) is 0.940. The topological polar surface area (TPSA) is 49.3 Å². The van der Waals surface area contributed by atoms with Gasteiger partial charge in [0.15, 0.2) is 0 Å². The number of hydrogen-bond donors (Lipinski definition) is 0. The summed E-state index contributed by atoms with van der Waals surface area (Å²) in [5, 5.41) is 0. The summed E-state index contributed by atoms with van der Waals surface area (Å²) >= 11 is 0. The van der Waals surface area contributed by atoms with Crippen LogP contribution in [0.3, 0.4) is 0 Å². The number of amides is 1. The van der Waals surface area contributed by atoms with Gasteiger partial charge < -0.3 is 9.80 Å². The zero-order valence-corrected chi connectivity index (χ0v) is 13.1. The maximum atomic E-state index is 12.9. The number of halogens is 2. The minimum atomic E-state index is -2.63. The minimum Gasteiger partial charge on any atom is -0.356 e. The van der Waals surface area contributed by atoms with Crippen LogP contribution in [0.25, 0.3) is 0 Å². The number of hydrogen-bond acceptors (Lipinski definition) is 4. The summed E-state index contributed by atoms with van der Waals surface area (Å²) < 4.78 is 25.9. The largest absolute Gasteiger partial charge is 0.356 e. The van der Waals surface area contributed by atoms with Crippen molar-refractivity contribution in [3.8, 4) is 0 Å². The molecule has 2 saturated heterocycles. The fourth-order valence-electron chi connectivity index (χ4n) is 4.07. The van der Waals surface area contributed by atoms with E-state index in [1.54, 1.807) is 11.2 Å². The number of aromatic nitrogens is 2. The van der Waals surface area contributed by atoms with Gasteiger partial charge in [0, 0.05) is 68.5 Å². The highest BCUT2D eigenvalue weighted by Crippen LogP contribution is 2.44. The molecule has 3 aliphatic rings. The van der Waals surface area contributed by atoms with Crippen LogP contribution in [0.2, 0.25) is 0 Å². The molecule has 2 atom stereocenters. The van der Waals surface area contributed by atoms with Gasteiger partial charge in [-0.1, -0.05) is 0 Å². The third kappa shape index (κ3) is 2.66. The van der Waals surface area contributed by atoms with Crippen LogP contribution >= 0.6 is 0 Å². The SMILES string of the molecule is Cc1cc(N2CC3CN(C(=O)C4CC(F)(F)C4)CC3C2)ncn1. The van der Waals surface area contributed by atoms with E-state index in [1.165, 1.54) is 0 Å². The zero-order valence-electron chi connectivity index (χ0n) is 13.1. The Bertz CT molecular complexity index is 616. The van der Waals surface area contributed by atoms with E-state index >= 15 is 0 Å². The van der Waals surface area contributed by atoms with Crippen LogP contribution in [-0.2, 0) is 4.79 Å². The Morgan fingerprint density at radius 2 is 1.83 bits per heavy atom. The normalized spacial score (nSPS) is 29.5. The van der Waals surface area contributed by atoms with Gasteiger partial charge in [-0.3, -0.25) is 4.79 Å². The molecule has 2 unspecified atom stereocenters. The van der Waals surface area contributed by atoms with Crippen LogP contribution in [0.15, 0.2) is 12.4 Å². The van der Waals surface area contributed by atoms with E-state index in [9.17, 15) is 13.6 Å². The van der Waals surface area contributed by atoms with Gasteiger partial charge in [-0.25, -0.2) is 18.7 Å². The van der Waals surface area contributed by atoms with E-state index in [2.05, 4.69) is 14.9 Å². The van der Waals surface area contributed by atoms with E-state index in [4.69, 9.17) is 0 Å². The second-order valence-electron chi connectivity index (χ2n) is 7.15. The maximum Gasteiger partial charge on any atom is 0.249 e. The fourth-order valence-corrected chi connectivity index (χ4v) is 4.07. The Labute approximate surface area is 133 Å². The lowest BCUT2D eigenvalue weighted by Gasteiger charge is -2.36. The first-order valence-corrected chi connectivity index (χ1v) is 8.11. The van der Waals surface area contributed by atoms with Gasteiger partial charge in [0.1, 0.15) is 12.1 Å². The molecule has 3 fully saturated rings. The lowest BCUT2D eigenvalue weighted by molar-refractivity contribution is -0.159. The predicted molar refractivity (Wildman–Crippen MR) is 80.2 cm³/mol. The first kappa shape index (κ1) is 14.8. The van der Waals surface area contributed by atoms with Crippen molar-refractivity contribution in [1.82, 2.24) is 14.9 Å². The van der Waals surface area contributed by atoms with Gasteiger partial charge in [0.25, 0.3) is 0 Å². The summed E-state index contributed by atoms with van der Waals surface area (Å²) in [6, 6.07) is 1.97. The molecule has 1 aliphatic carbocycles. The third-order valence-corrected chi connectivity index (χ3v) is 5.35. The Kier molecular flexibility index (Phi) is 3.28. The Balaban J connectivity index is 1.36. The van der Waals surface area contributed by atoms with Crippen molar-refractivity contribution < 1.29 is 13.6 Å². The number of fused-ring (bicyclic) bond motifs is 1. The molecule has 23 heavy (non-hydrogen) atoms. The molecule has 124 valence electrons. The molecule has 2 aliphatic heterocycles. The lowest BCUT2D eigenvalue weighted by Crippen LogP contribution is -2.46. The number of anilines is 1. The molecule has 0 spiro atoms. The van der Waals surface area contributed by atoms with Gasteiger partial charge in [0.05, 0.1) is 0 Å². The molecule has 1 saturated carbocycles. The van der Waals surface area contributed by atoms with Crippen LogP contribution in [0.1, 0.15) is 18.5 Å². The molecule has 1 aromatic rings. The molecular weight excluding hydrogens is 302 g/mol. The van der Waals surface area contributed by atoms with Crippen LogP contribution in [0.4, 0.5) is 14.6 Å². The first-order chi connectivity index (χ1) is 10.9. The molecule has 0 N–H and O–H groups in total. The molecule has 4 rings (SSSR count). The first-order valence-electron chi connectivity index (χ1n) is 8.11. The van der Waals surface area contributed by atoms with Gasteiger partial charge in [-0.15, -0.1) is 0 Å². The standard InChI is InChI=1S/C16H20F2N4O/c1-10-2-14(20-9-19-10)21-5-12-7-22(8-13(12)6-21)15(23)11-3-16(17,18)4-11/h2,9,11-13H,3-8H2,1H3. The number of aryl methyl sites for hydroxylation is 1. The van der Waals surface area contributed by atoms with Crippen molar-refractivity contribution in [2.24, 2.45) is 17.8 Å². The smallest absolute Gasteiger partial charge is 0.249 e. The number of likely N-dealkylation sites (tertiary alicyclic amines) is 1. The van der Waals surface area contributed by atoms with Gasteiger partial charge in [-0.2, -0.15) is 0 Å². The highest BCUT2D eigenvalue weighted by molar-refractivity contribution is 5.80. The highest BCUT2D eigenvalue weighted by atomic mass is 19.3. The van der Waals surface area contributed by atoms with Crippen molar-refractivity contribution in [2.75, 3.05) is 31.1 Å². The Hall–Kier alpha value is -1.79. The van der Waals surface area contributed by atoms with E-state index in [-0.39, 0.29) is 18.7 Å². The summed E-state index contributed by atoms with van der Waals surface area (Å²) in [4.78, 5) is 24.8. The lowest BCUT2D eigenvalue weighted by atomic mass is 9.80. The average Bonchev–Trinajstić information content (AvgIpc) is 3.02. The Morgan fingerprint density at radius 3 is 2.39 bits per heavy atom. The van der Waals surface area contributed by atoms with Crippen molar-refractivity contribution in [3.05, 3.63) is 18.1 Å². The number of nitrogens with zero attached hydrogens (tertiary/aromatic N) is 4. The van der Waals surface area contributed by atoms with Crippen molar-refractivity contribution in [3.63, 3.8) is 0 Å². The molecule has 1 aromatic heterocycles. The molecule has 0 radical (unpaired) electrons. The summed E-state index contributed by atoms with van der Waals surface area (Å²) in [5.74, 6) is -1.41. The Morgan fingerprint density at radius 1 is 1.17 bits per heavy atom. The quantitative estimate of drug-likeness (QED) is 0.832. The van der Waals surface area contributed by atoms with E-state index < -0.39 is 11.8 Å². The van der Waals surface area contributed by atoms with Gasteiger partial charge in [-0.05, 0) is 6.92 Å². The highest BCUT2D eigenvalue weighted by Gasteiger charge is 2.51. The summed E-state index contributed by atoms with van der Waals surface area (Å²) in [6.07, 6.45) is 1.03. The molecule has 0 bridgehead atoms. The molecule has 7 heteroatoms. The molecule has 5 nitrogen and oxygen atoms in total. The third-order valence-electron chi connectivity index (χ3n) is 5.35. The molecule has 1 amide bonds. The fraction of sp³-hybridized carbons (Fsp3) is 0.688. The second-order valence-corrected chi connectivity index (χ2v) is 7.15. The predicted octanol–water partition coefficient (Wildman–Crippen LogP) is 1.72. The van der Waals surface area contributed by atoms with E-state index in [0.29, 0.717) is 24.9 Å². The molecule has 0 aromatic carbocycles. The van der Waals surface area contributed by atoms with Crippen molar-refractivity contribution in [2.45, 2.75) is 25.7 Å². The zero-order chi connectivity index (χ0) is 16.2. The van der Waals surface area contributed by atoms with Crippen LogP contribution in [-0.4, -0.2) is 52.9 Å². The number of carbonyl (C=O) groups excluding carboxylic acids is 1. The summed E-state index contributed by atoms with van der Waals surface area (Å²) in [7, 11) is 0.